The van der Waals surface area contributed by atoms with Gasteiger partial charge in [-0.3, -0.25) is 34.2 Å². The number of carbonyl (C=O) groups is 6. The van der Waals surface area contributed by atoms with E-state index in [1.165, 1.54) is 4.90 Å². The summed E-state index contributed by atoms with van der Waals surface area (Å²) in [5.41, 5.74) is 2.42. The summed E-state index contributed by atoms with van der Waals surface area (Å²) in [7, 11) is 3.19. The molecule has 2 aliphatic heterocycles. The summed E-state index contributed by atoms with van der Waals surface area (Å²) in [6.45, 7) is 1.80. The van der Waals surface area contributed by atoms with Gasteiger partial charge in [-0.25, -0.2) is 4.79 Å². The number of piperidine rings is 1. The molecular weight excluding hydrogens is 540 g/mol. The van der Waals surface area contributed by atoms with Crippen LogP contribution in [0, 0.1) is 6.92 Å². The Kier molecular flexibility index (Phi) is 8.19. The predicted octanol–water partition coefficient (Wildman–Crippen LogP) is 2.14. The van der Waals surface area contributed by atoms with E-state index in [0.29, 0.717) is 27.5 Å². The first-order chi connectivity index (χ1) is 18.9. The number of anilines is 2. The van der Waals surface area contributed by atoms with Gasteiger partial charge < -0.3 is 20.9 Å². The first-order valence-corrected chi connectivity index (χ1v) is 12.7. The molecule has 13 heteroatoms. The maximum atomic E-state index is 13.0. The number of urea groups is 1. The third-order valence-electron chi connectivity index (χ3n) is 6.37. The van der Waals surface area contributed by atoms with Crippen molar-refractivity contribution >= 4 is 58.5 Å². The molecule has 40 heavy (non-hydrogen) atoms. The number of rotatable bonds is 7. The van der Waals surface area contributed by atoms with Crippen molar-refractivity contribution in [2.75, 3.05) is 24.7 Å². The summed E-state index contributed by atoms with van der Waals surface area (Å²) >= 11 is 6.12. The largest absolute Gasteiger partial charge is 0.351 e. The molecule has 12 nitrogen and oxygen atoms in total. The molecule has 0 saturated carbocycles. The number of aryl methyl sites for hydroxylation is 1. The molecule has 2 aromatic rings. The van der Waals surface area contributed by atoms with Crippen LogP contribution in [0.3, 0.4) is 0 Å². The van der Waals surface area contributed by atoms with Crippen LogP contribution < -0.4 is 21.3 Å². The fraction of sp³-hybridized carbons (Fsp3) is 0.259. The van der Waals surface area contributed by atoms with E-state index in [9.17, 15) is 28.8 Å². The molecule has 1 saturated heterocycles. The molecule has 2 aliphatic rings. The lowest BCUT2D eigenvalue weighted by Crippen LogP contribution is -2.54. The third-order valence-corrected chi connectivity index (χ3v) is 6.77. The Balaban J connectivity index is 1.50. The first-order valence-electron chi connectivity index (χ1n) is 12.3. The zero-order chi connectivity index (χ0) is 29.1. The Labute approximate surface area is 234 Å². The highest BCUT2D eigenvalue weighted by atomic mass is 35.5. The van der Waals surface area contributed by atoms with Crippen LogP contribution in [-0.2, 0) is 25.7 Å². The van der Waals surface area contributed by atoms with Crippen LogP contribution in [0.15, 0.2) is 48.2 Å². The number of amides is 7. The van der Waals surface area contributed by atoms with Crippen molar-refractivity contribution in [2.24, 2.45) is 0 Å². The van der Waals surface area contributed by atoms with Crippen molar-refractivity contribution in [3.8, 4) is 0 Å². The Morgan fingerprint density at radius 1 is 1.07 bits per heavy atom. The van der Waals surface area contributed by atoms with Crippen molar-refractivity contribution < 1.29 is 28.8 Å². The van der Waals surface area contributed by atoms with E-state index >= 15 is 0 Å². The average Bonchev–Trinajstić information content (AvgIpc) is 3.17. The second-order valence-electron chi connectivity index (χ2n) is 9.51. The molecule has 0 bridgehead atoms. The fourth-order valence-corrected chi connectivity index (χ4v) is 4.42. The molecule has 4 rings (SSSR count). The lowest BCUT2D eigenvalue weighted by atomic mass is 10.0. The second kappa shape index (κ2) is 11.6. The van der Waals surface area contributed by atoms with Gasteiger partial charge in [0.05, 0.1) is 0 Å². The molecule has 1 atom stereocenters. The van der Waals surface area contributed by atoms with Crippen molar-refractivity contribution in [1.82, 2.24) is 20.4 Å². The number of hydrogen-bond donors (Lipinski definition) is 4. The van der Waals surface area contributed by atoms with Crippen LogP contribution in [0.25, 0.3) is 0 Å². The van der Waals surface area contributed by atoms with Crippen LogP contribution in [0.4, 0.5) is 16.2 Å². The van der Waals surface area contributed by atoms with E-state index in [2.05, 4.69) is 21.3 Å². The Bertz CT molecular complexity index is 1470. The minimum atomic E-state index is -1.09. The Morgan fingerprint density at radius 3 is 2.48 bits per heavy atom. The van der Waals surface area contributed by atoms with Gasteiger partial charge in [0.2, 0.25) is 11.8 Å². The van der Waals surface area contributed by atoms with E-state index in [1.54, 1.807) is 50.5 Å². The van der Waals surface area contributed by atoms with Crippen molar-refractivity contribution in [2.45, 2.75) is 32.4 Å². The van der Waals surface area contributed by atoms with E-state index in [4.69, 9.17) is 11.6 Å². The normalized spacial score (nSPS) is 16.9. The number of benzene rings is 2. The summed E-state index contributed by atoms with van der Waals surface area (Å²) in [6.07, 6.45) is 1.12. The molecule has 1 fully saturated rings. The van der Waals surface area contributed by atoms with Crippen molar-refractivity contribution in [3.05, 3.63) is 69.9 Å². The molecule has 0 spiro atoms. The molecule has 1 unspecified atom stereocenters. The highest BCUT2D eigenvalue weighted by Crippen LogP contribution is 2.25. The highest BCUT2D eigenvalue weighted by molar-refractivity contribution is 6.31. The van der Waals surface area contributed by atoms with Gasteiger partial charge in [0, 0.05) is 55.1 Å². The fourth-order valence-electron chi connectivity index (χ4n) is 4.24. The van der Waals surface area contributed by atoms with Crippen molar-refractivity contribution in [3.63, 3.8) is 0 Å². The molecule has 0 aliphatic carbocycles. The summed E-state index contributed by atoms with van der Waals surface area (Å²) < 4.78 is 0. The molecule has 2 heterocycles. The number of carbonyl (C=O) groups excluding carboxylic acids is 6. The smallest absolute Gasteiger partial charge is 0.319 e. The Hall–Kier alpha value is -4.71. The van der Waals surface area contributed by atoms with Gasteiger partial charge in [0.1, 0.15) is 11.7 Å². The van der Waals surface area contributed by atoms with E-state index < -0.39 is 35.7 Å². The zero-order valence-electron chi connectivity index (χ0n) is 22.0. The van der Waals surface area contributed by atoms with E-state index in [1.807, 2.05) is 6.92 Å². The lowest BCUT2D eigenvalue weighted by Gasteiger charge is -2.28. The maximum absolute atomic E-state index is 13.0. The summed E-state index contributed by atoms with van der Waals surface area (Å²) in [4.78, 5) is 76.8. The molecule has 7 amide bonds. The second-order valence-corrected chi connectivity index (χ2v) is 9.91. The van der Waals surface area contributed by atoms with Gasteiger partial charge in [0.25, 0.3) is 17.7 Å². The van der Waals surface area contributed by atoms with Gasteiger partial charge in [-0.05, 0) is 54.8 Å². The van der Waals surface area contributed by atoms with Gasteiger partial charge in [0.15, 0.2) is 0 Å². The van der Waals surface area contributed by atoms with Gasteiger partial charge in [-0.1, -0.05) is 17.7 Å². The van der Waals surface area contributed by atoms with Crippen LogP contribution in [0.5, 0.6) is 0 Å². The monoisotopic (exact) mass is 566 g/mol. The number of nitrogens with one attached hydrogen (secondary N) is 4. The SMILES string of the molecule is Cc1ccc(NC(=O)NCc2cc(NC3=CC(=O)N(C4CCC(=O)NC4=O)C3=O)ccc2C(=O)N(C)C)cc1Cl. The topological polar surface area (TPSA) is 157 Å². The molecular formula is C27H27ClN6O6. The van der Waals surface area contributed by atoms with Crippen LogP contribution in [0.2, 0.25) is 5.02 Å². The zero-order valence-corrected chi connectivity index (χ0v) is 22.7. The molecule has 2 aromatic carbocycles. The standard InChI is InChI=1S/C27H27ClN6O6/c1-14-4-5-17(11-19(14)28)31-27(40)29-13-15-10-16(6-7-18(15)25(38)33(2)3)30-20-12-23(36)34(26(20)39)21-8-9-22(35)32-24(21)37/h4-7,10-12,21,30H,8-9,13H2,1-3H3,(H2,29,31,40)(H,32,35,37). The first kappa shape index (κ1) is 28.3. The average molecular weight is 567 g/mol. The molecule has 4 N–H and O–H groups in total. The predicted molar refractivity (Wildman–Crippen MR) is 146 cm³/mol. The minimum Gasteiger partial charge on any atom is -0.351 e. The number of halogens is 1. The quantitative estimate of drug-likeness (QED) is 0.374. The number of imide groups is 2. The third kappa shape index (κ3) is 6.12. The maximum Gasteiger partial charge on any atom is 0.319 e. The van der Waals surface area contributed by atoms with Crippen molar-refractivity contribution in [1.29, 1.82) is 0 Å². The minimum absolute atomic E-state index is 0.0124. The molecule has 208 valence electrons. The van der Waals surface area contributed by atoms with Crippen LogP contribution in [0.1, 0.15) is 34.3 Å². The molecule has 0 aromatic heterocycles. The summed E-state index contributed by atoms with van der Waals surface area (Å²) in [5.74, 6) is -2.88. The Morgan fingerprint density at radius 2 is 1.80 bits per heavy atom. The lowest BCUT2D eigenvalue weighted by molar-refractivity contribution is -0.149. The van der Waals surface area contributed by atoms with Gasteiger partial charge >= 0.3 is 6.03 Å². The van der Waals surface area contributed by atoms with E-state index in [0.717, 1.165) is 16.5 Å². The summed E-state index contributed by atoms with van der Waals surface area (Å²) in [6, 6.07) is 8.15. The number of nitrogens with zero attached hydrogens (tertiary/aromatic N) is 2. The highest BCUT2D eigenvalue weighted by Gasteiger charge is 2.42. The van der Waals surface area contributed by atoms with E-state index in [-0.39, 0.29) is 31.0 Å². The van der Waals surface area contributed by atoms with Gasteiger partial charge in [-0.15, -0.1) is 0 Å². The number of hydrogen-bond acceptors (Lipinski definition) is 7. The molecule has 0 radical (unpaired) electrons. The van der Waals surface area contributed by atoms with Crippen LogP contribution >= 0.6 is 11.6 Å². The van der Waals surface area contributed by atoms with Gasteiger partial charge in [-0.2, -0.15) is 0 Å². The van der Waals surface area contributed by atoms with Crippen LogP contribution in [-0.4, -0.2) is 65.5 Å². The summed E-state index contributed by atoms with van der Waals surface area (Å²) in [5, 5.41) is 10.9.